The fourth-order valence-corrected chi connectivity index (χ4v) is 0.814. The first-order valence-electron chi connectivity index (χ1n) is 4.21. The molecule has 0 aromatic rings. The zero-order chi connectivity index (χ0) is 11.3. The van der Waals surface area contributed by atoms with Crippen LogP contribution in [0.15, 0.2) is 12.2 Å². The zero-order valence-corrected chi connectivity index (χ0v) is 8.78. The predicted molar refractivity (Wildman–Crippen MR) is 53.1 cm³/mol. The van der Waals surface area contributed by atoms with E-state index in [0.717, 1.165) is 4.90 Å². The molecule has 0 aromatic heterocycles. The molecule has 2 amide bonds. The molecular formula is C9H16N2O3. The fourth-order valence-electron chi connectivity index (χ4n) is 0.814. The number of amides is 2. The lowest BCUT2D eigenvalue weighted by atomic mass is 10.3. The lowest BCUT2D eigenvalue weighted by Gasteiger charge is -2.19. The Bertz CT molecular complexity index is 248. The number of carbonyl (C=O) groups excluding carboxylic acids is 1. The van der Waals surface area contributed by atoms with Crippen molar-refractivity contribution in [1.82, 2.24) is 9.80 Å². The normalized spacial score (nSPS) is 10.0. The van der Waals surface area contributed by atoms with Gasteiger partial charge in [-0.3, -0.25) is 4.79 Å². The van der Waals surface area contributed by atoms with E-state index in [0.29, 0.717) is 6.54 Å². The highest BCUT2D eigenvalue weighted by Crippen LogP contribution is 1.99. The molecule has 5 nitrogen and oxygen atoms in total. The molecule has 0 heterocycles. The Kier molecular flexibility index (Phi) is 4.86. The average Bonchev–Trinajstić information content (AvgIpc) is 2.02. The number of rotatable bonds is 4. The van der Waals surface area contributed by atoms with Crippen molar-refractivity contribution in [2.75, 3.05) is 27.2 Å². The van der Waals surface area contributed by atoms with Crippen LogP contribution in [0.4, 0.5) is 4.79 Å². The third-order valence-corrected chi connectivity index (χ3v) is 1.61. The number of carbonyl (C=O) groups is 2. The molecule has 0 aromatic carbocycles. The maximum absolute atomic E-state index is 11.3. The van der Waals surface area contributed by atoms with Crippen molar-refractivity contribution in [1.29, 1.82) is 0 Å². The molecule has 0 spiro atoms. The molecule has 0 bridgehead atoms. The SMILES string of the molecule is C=C(C)C(=O)N(CCN(C)C)C(=O)O. The van der Waals surface area contributed by atoms with Gasteiger partial charge in [0.25, 0.3) is 5.91 Å². The van der Waals surface area contributed by atoms with Gasteiger partial charge in [-0.1, -0.05) is 6.58 Å². The van der Waals surface area contributed by atoms with E-state index < -0.39 is 12.0 Å². The van der Waals surface area contributed by atoms with Gasteiger partial charge in [0.15, 0.2) is 0 Å². The van der Waals surface area contributed by atoms with E-state index in [1.165, 1.54) is 6.92 Å². The quantitative estimate of drug-likeness (QED) is 0.676. The molecule has 0 radical (unpaired) electrons. The minimum Gasteiger partial charge on any atom is -0.465 e. The van der Waals surface area contributed by atoms with E-state index in [-0.39, 0.29) is 12.1 Å². The van der Waals surface area contributed by atoms with Crippen molar-refractivity contribution in [2.45, 2.75) is 6.92 Å². The lowest BCUT2D eigenvalue weighted by Crippen LogP contribution is -2.40. The summed E-state index contributed by atoms with van der Waals surface area (Å²) in [7, 11) is 3.62. The first-order valence-corrected chi connectivity index (χ1v) is 4.21. The molecule has 1 N–H and O–H groups in total. The van der Waals surface area contributed by atoms with E-state index in [1.54, 1.807) is 0 Å². The van der Waals surface area contributed by atoms with Gasteiger partial charge >= 0.3 is 6.09 Å². The number of likely N-dealkylation sites (N-methyl/N-ethyl adjacent to an activating group) is 1. The van der Waals surface area contributed by atoms with Gasteiger partial charge < -0.3 is 10.0 Å². The number of imide groups is 1. The number of nitrogens with zero attached hydrogens (tertiary/aromatic N) is 2. The van der Waals surface area contributed by atoms with Gasteiger partial charge in [-0.25, -0.2) is 9.69 Å². The summed E-state index contributed by atoms with van der Waals surface area (Å²) in [5.74, 6) is -0.542. The van der Waals surface area contributed by atoms with E-state index >= 15 is 0 Å². The largest absolute Gasteiger partial charge is 0.465 e. The minimum atomic E-state index is -1.24. The third kappa shape index (κ3) is 4.04. The molecule has 0 aliphatic carbocycles. The lowest BCUT2D eigenvalue weighted by molar-refractivity contribution is -0.125. The Morgan fingerprint density at radius 1 is 1.29 bits per heavy atom. The Hall–Kier alpha value is -1.36. The van der Waals surface area contributed by atoms with Crippen LogP contribution in [0.2, 0.25) is 0 Å². The van der Waals surface area contributed by atoms with Gasteiger partial charge in [0, 0.05) is 18.7 Å². The Balaban J connectivity index is 4.38. The van der Waals surface area contributed by atoms with E-state index in [4.69, 9.17) is 5.11 Å². The van der Waals surface area contributed by atoms with E-state index in [9.17, 15) is 9.59 Å². The summed E-state index contributed by atoms with van der Waals surface area (Å²) in [6, 6.07) is 0. The second kappa shape index (κ2) is 5.39. The summed E-state index contributed by atoms with van der Waals surface area (Å²) in [6.45, 7) is 5.58. The topological polar surface area (TPSA) is 60.9 Å². The predicted octanol–water partition coefficient (Wildman–Crippen LogP) is 0.631. The Morgan fingerprint density at radius 3 is 2.07 bits per heavy atom. The molecule has 0 rings (SSSR count). The molecule has 0 fully saturated rings. The number of hydrogen-bond donors (Lipinski definition) is 1. The van der Waals surface area contributed by atoms with Crippen LogP contribution in [0.1, 0.15) is 6.92 Å². The zero-order valence-electron chi connectivity index (χ0n) is 8.78. The monoisotopic (exact) mass is 200 g/mol. The molecular weight excluding hydrogens is 184 g/mol. The van der Waals surface area contributed by atoms with Crippen molar-refractivity contribution in [3.05, 3.63) is 12.2 Å². The number of hydrogen-bond acceptors (Lipinski definition) is 3. The highest BCUT2D eigenvalue weighted by Gasteiger charge is 2.20. The van der Waals surface area contributed by atoms with Crippen LogP contribution in [0.3, 0.4) is 0 Å². The van der Waals surface area contributed by atoms with Crippen LogP contribution < -0.4 is 0 Å². The van der Waals surface area contributed by atoms with Crippen LogP contribution in [0.25, 0.3) is 0 Å². The summed E-state index contributed by atoms with van der Waals surface area (Å²) < 4.78 is 0. The highest BCUT2D eigenvalue weighted by atomic mass is 16.4. The van der Waals surface area contributed by atoms with Crippen LogP contribution in [0, 0.1) is 0 Å². The third-order valence-electron chi connectivity index (χ3n) is 1.61. The van der Waals surface area contributed by atoms with E-state index in [1.807, 2.05) is 19.0 Å². The van der Waals surface area contributed by atoms with Crippen LogP contribution >= 0.6 is 0 Å². The molecule has 0 atom stereocenters. The van der Waals surface area contributed by atoms with Crippen molar-refractivity contribution in [2.24, 2.45) is 0 Å². The molecule has 5 heteroatoms. The van der Waals surface area contributed by atoms with Crippen molar-refractivity contribution >= 4 is 12.0 Å². The van der Waals surface area contributed by atoms with Crippen LogP contribution in [-0.2, 0) is 4.79 Å². The molecule has 0 aliphatic rings. The Morgan fingerprint density at radius 2 is 1.79 bits per heavy atom. The minimum absolute atomic E-state index is 0.161. The summed E-state index contributed by atoms with van der Waals surface area (Å²) >= 11 is 0. The van der Waals surface area contributed by atoms with Gasteiger partial charge in [0.2, 0.25) is 0 Å². The van der Waals surface area contributed by atoms with E-state index in [2.05, 4.69) is 6.58 Å². The molecule has 0 saturated heterocycles. The van der Waals surface area contributed by atoms with Gasteiger partial charge in [-0.05, 0) is 21.0 Å². The van der Waals surface area contributed by atoms with Gasteiger partial charge in [-0.2, -0.15) is 0 Å². The van der Waals surface area contributed by atoms with Gasteiger partial charge in [0.1, 0.15) is 0 Å². The van der Waals surface area contributed by atoms with Crippen molar-refractivity contribution < 1.29 is 14.7 Å². The maximum Gasteiger partial charge on any atom is 0.414 e. The maximum atomic E-state index is 11.3. The van der Waals surface area contributed by atoms with Crippen LogP contribution in [0.5, 0.6) is 0 Å². The molecule has 14 heavy (non-hydrogen) atoms. The second-order valence-corrected chi connectivity index (χ2v) is 3.32. The average molecular weight is 200 g/mol. The number of carboxylic acid groups (broad SMARTS) is 1. The highest BCUT2D eigenvalue weighted by molar-refractivity contribution is 6.01. The van der Waals surface area contributed by atoms with Crippen molar-refractivity contribution in [3.8, 4) is 0 Å². The Labute approximate surface area is 83.6 Å². The molecule has 0 unspecified atom stereocenters. The standard InChI is InChI=1S/C9H16N2O3/c1-7(2)8(12)11(9(13)14)6-5-10(3)4/h1,5-6H2,2-4H3,(H,13,14). The molecule has 0 saturated carbocycles. The second-order valence-electron chi connectivity index (χ2n) is 3.32. The van der Waals surface area contributed by atoms with Gasteiger partial charge in [-0.15, -0.1) is 0 Å². The van der Waals surface area contributed by atoms with Crippen molar-refractivity contribution in [3.63, 3.8) is 0 Å². The first-order chi connectivity index (χ1) is 6.36. The van der Waals surface area contributed by atoms with Crippen LogP contribution in [-0.4, -0.2) is 54.1 Å². The summed E-state index contributed by atoms with van der Waals surface area (Å²) in [4.78, 5) is 24.6. The first kappa shape index (κ1) is 12.6. The summed E-state index contributed by atoms with van der Waals surface area (Å²) in [5, 5.41) is 8.75. The summed E-state index contributed by atoms with van der Waals surface area (Å²) in [6.07, 6.45) is -1.24. The molecule has 80 valence electrons. The fraction of sp³-hybridized carbons (Fsp3) is 0.556. The summed E-state index contributed by atoms with van der Waals surface area (Å²) in [5.41, 5.74) is 0.228. The smallest absolute Gasteiger partial charge is 0.414 e. The van der Waals surface area contributed by atoms with Gasteiger partial charge in [0.05, 0.1) is 0 Å². The molecule has 0 aliphatic heterocycles.